The van der Waals surface area contributed by atoms with Crippen molar-refractivity contribution in [1.82, 2.24) is 25.4 Å². The number of amides is 2. The molecule has 156 valence electrons. The number of aromatic amines is 1. The molecule has 1 unspecified atom stereocenters. The topological polar surface area (TPSA) is 91.8 Å². The van der Waals surface area contributed by atoms with Gasteiger partial charge in [-0.25, -0.2) is 8.78 Å². The summed E-state index contributed by atoms with van der Waals surface area (Å²) >= 11 is 11.1. The van der Waals surface area contributed by atoms with Crippen LogP contribution in [-0.2, 0) is 16.1 Å². The van der Waals surface area contributed by atoms with Crippen molar-refractivity contribution in [2.24, 2.45) is 0 Å². The van der Waals surface area contributed by atoms with Crippen molar-refractivity contribution in [3.63, 3.8) is 0 Å². The third-order valence-corrected chi connectivity index (χ3v) is 4.82. The first-order chi connectivity index (χ1) is 14.3. The molecule has 0 saturated heterocycles. The zero-order valence-electron chi connectivity index (χ0n) is 15.6. The molecule has 0 bridgehead atoms. The van der Waals surface area contributed by atoms with E-state index in [2.05, 4.69) is 20.8 Å². The van der Waals surface area contributed by atoms with Crippen LogP contribution in [0.1, 0.15) is 11.6 Å². The highest BCUT2D eigenvalue weighted by atomic mass is 35.5. The minimum Gasteiger partial charge on any atom is -0.357 e. The molecular weight excluding hydrogens is 436 g/mol. The number of carbonyl (C=O) groups is 2. The minimum absolute atomic E-state index is 0.0929. The van der Waals surface area contributed by atoms with E-state index < -0.39 is 29.5 Å². The first kappa shape index (κ1) is 21.6. The number of nitrogens with one attached hydrogen (secondary N) is 3. The molecule has 1 heterocycles. The van der Waals surface area contributed by atoms with Crippen LogP contribution in [0, 0.1) is 16.4 Å². The highest BCUT2D eigenvalue weighted by Gasteiger charge is 2.24. The minimum atomic E-state index is -1.22. The zero-order valence-corrected chi connectivity index (χ0v) is 17.2. The number of benzene rings is 2. The van der Waals surface area contributed by atoms with Crippen LogP contribution in [-0.4, -0.2) is 33.6 Å². The first-order valence-corrected chi connectivity index (χ1v) is 9.46. The highest BCUT2D eigenvalue weighted by molar-refractivity contribution is 7.71. The summed E-state index contributed by atoms with van der Waals surface area (Å²) < 4.78 is 28.5. The predicted molar refractivity (Wildman–Crippen MR) is 109 cm³/mol. The zero-order chi connectivity index (χ0) is 21.8. The molecule has 0 aliphatic rings. The van der Waals surface area contributed by atoms with E-state index in [-0.39, 0.29) is 16.9 Å². The van der Waals surface area contributed by atoms with Gasteiger partial charge in [0.1, 0.15) is 12.6 Å². The van der Waals surface area contributed by atoms with E-state index >= 15 is 0 Å². The summed E-state index contributed by atoms with van der Waals surface area (Å²) in [6.07, 6.45) is 0. The van der Waals surface area contributed by atoms with Crippen LogP contribution >= 0.6 is 23.8 Å². The monoisotopic (exact) mass is 451 g/mol. The van der Waals surface area contributed by atoms with Gasteiger partial charge in [0, 0.05) is 17.6 Å². The van der Waals surface area contributed by atoms with Crippen LogP contribution in [0.2, 0.25) is 5.02 Å². The summed E-state index contributed by atoms with van der Waals surface area (Å²) in [5.41, 5.74) is 0.762. The van der Waals surface area contributed by atoms with E-state index in [1.807, 2.05) is 0 Å². The third kappa shape index (κ3) is 4.71. The molecular formula is C19H16ClF2N5O2S. The summed E-state index contributed by atoms with van der Waals surface area (Å²) in [5.74, 6) is -2.96. The lowest BCUT2D eigenvalue weighted by Gasteiger charge is -2.18. The van der Waals surface area contributed by atoms with E-state index in [1.54, 1.807) is 24.3 Å². The third-order valence-electron chi connectivity index (χ3n) is 4.25. The summed E-state index contributed by atoms with van der Waals surface area (Å²) in [6.45, 7) is -0.259. The average Bonchev–Trinajstić information content (AvgIpc) is 3.08. The van der Waals surface area contributed by atoms with Crippen LogP contribution in [0.5, 0.6) is 0 Å². The molecule has 3 aromatic rings. The molecule has 2 aromatic carbocycles. The molecule has 11 heteroatoms. The Balaban J connectivity index is 1.85. The van der Waals surface area contributed by atoms with Crippen molar-refractivity contribution in [3.8, 4) is 11.4 Å². The molecule has 2 amide bonds. The van der Waals surface area contributed by atoms with Crippen molar-refractivity contribution in [3.05, 3.63) is 69.5 Å². The Morgan fingerprint density at radius 2 is 1.90 bits per heavy atom. The van der Waals surface area contributed by atoms with E-state index in [0.717, 1.165) is 12.1 Å². The lowest BCUT2D eigenvalue weighted by molar-refractivity contribution is -0.129. The van der Waals surface area contributed by atoms with Crippen LogP contribution in [0.3, 0.4) is 0 Å². The van der Waals surface area contributed by atoms with E-state index in [9.17, 15) is 18.4 Å². The van der Waals surface area contributed by atoms with Gasteiger partial charge in [0.2, 0.25) is 11.8 Å². The molecule has 1 atom stereocenters. The van der Waals surface area contributed by atoms with Crippen LogP contribution in [0.4, 0.5) is 8.78 Å². The first-order valence-electron chi connectivity index (χ1n) is 8.67. The Kier molecular flexibility index (Phi) is 6.58. The summed E-state index contributed by atoms with van der Waals surface area (Å²) in [6, 6.07) is 8.52. The van der Waals surface area contributed by atoms with Gasteiger partial charge in [-0.05, 0) is 54.2 Å². The van der Waals surface area contributed by atoms with Gasteiger partial charge in [-0.15, -0.1) is 0 Å². The average molecular weight is 452 g/mol. The van der Waals surface area contributed by atoms with E-state index in [1.165, 1.54) is 17.7 Å². The van der Waals surface area contributed by atoms with Crippen LogP contribution in [0.15, 0.2) is 42.5 Å². The lowest BCUT2D eigenvalue weighted by Crippen LogP contribution is -2.40. The van der Waals surface area contributed by atoms with Gasteiger partial charge in [-0.2, -0.15) is 5.10 Å². The Morgan fingerprint density at radius 3 is 2.53 bits per heavy atom. The highest BCUT2D eigenvalue weighted by Crippen LogP contribution is 2.21. The van der Waals surface area contributed by atoms with E-state index in [4.69, 9.17) is 23.8 Å². The van der Waals surface area contributed by atoms with Crippen molar-refractivity contribution >= 4 is 35.6 Å². The number of aromatic nitrogens is 3. The van der Waals surface area contributed by atoms with E-state index in [0.29, 0.717) is 16.4 Å². The van der Waals surface area contributed by atoms with Gasteiger partial charge in [0.05, 0.1) is 0 Å². The number of halogens is 3. The van der Waals surface area contributed by atoms with Crippen molar-refractivity contribution in [1.29, 1.82) is 0 Å². The second-order valence-electron chi connectivity index (χ2n) is 6.23. The lowest BCUT2D eigenvalue weighted by atomic mass is 10.1. The number of nitrogens with zero attached hydrogens (tertiary/aromatic N) is 2. The number of hydrogen-bond donors (Lipinski definition) is 3. The second kappa shape index (κ2) is 9.14. The summed E-state index contributed by atoms with van der Waals surface area (Å²) in [5, 5.41) is 12.2. The van der Waals surface area contributed by atoms with Crippen LogP contribution in [0.25, 0.3) is 11.4 Å². The maximum atomic E-state index is 13.6. The Hall–Kier alpha value is -3.11. The molecule has 1 aromatic heterocycles. The largest absolute Gasteiger partial charge is 0.357 e. The standard InChI is InChI=1S/C19H16ClF2N5O2S/c1-23-18(29)16(11-4-7-13(21)14(22)8-11)24-15(28)9-27-17(25-26-19(27)30)10-2-5-12(20)6-3-10/h2-8,16H,9H2,1H3,(H,23,29)(H,24,28)(H,26,30). The van der Waals surface area contributed by atoms with Gasteiger partial charge >= 0.3 is 0 Å². The maximum absolute atomic E-state index is 13.6. The Bertz CT molecular complexity index is 1150. The number of H-pyrrole nitrogens is 1. The van der Waals surface area contributed by atoms with Gasteiger partial charge in [-0.1, -0.05) is 17.7 Å². The molecule has 0 spiro atoms. The second-order valence-corrected chi connectivity index (χ2v) is 7.06. The maximum Gasteiger partial charge on any atom is 0.246 e. The van der Waals surface area contributed by atoms with Crippen LogP contribution < -0.4 is 10.6 Å². The summed E-state index contributed by atoms with van der Waals surface area (Å²) in [4.78, 5) is 24.9. The van der Waals surface area contributed by atoms with Gasteiger partial charge in [0.15, 0.2) is 22.2 Å². The van der Waals surface area contributed by atoms with Crippen molar-refractivity contribution in [2.45, 2.75) is 12.6 Å². The van der Waals surface area contributed by atoms with Gasteiger partial charge in [-0.3, -0.25) is 19.3 Å². The van der Waals surface area contributed by atoms with Gasteiger partial charge in [0.25, 0.3) is 0 Å². The molecule has 3 rings (SSSR count). The number of likely N-dealkylation sites (N-methyl/N-ethyl adjacent to an activating group) is 1. The number of hydrogen-bond acceptors (Lipinski definition) is 4. The fourth-order valence-corrected chi connectivity index (χ4v) is 3.09. The molecule has 3 N–H and O–H groups in total. The Labute approximate surface area is 180 Å². The molecule has 0 aliphatic carbocycles. The molecule has 0 fully saturated rings. The van der Waals surface area contributed by atoms with Crippen molar-refractivity contribution in [2.75, 3.05) is 7.05 Å². The molecule has 0 aliphatic heterocycles. The number of rotatable bonds is 6. The molecule has 0 radical (unpaired) electrons. The SMILES string of the molecule is CNC(=O)C(NC(=O)Cn1c(-c2ccc(Cl)cc2)n[nH]c1=S)c1ccc(F)c(F)c1. The quantitative estimate of drug-likeness (QED) is 0.502. The predicted octanol–water partition coefficient (Wildman–Crippen LogP) is 3.14. The number of carbonyl (C=O) groups excluding carboxylic acids is 2. The molecule has 7 nitrogen and oxygen atoms in total. The fraction of sp³-hybridized carbons (Fsp3) is 0.158. The van der Waals surface area contributed by atoms with Crippen molar-refractivity contribution < 1.29 is 18.4 Å². The van der Waals surface area contributed by atoms with Gasteiger partial charge < -0.3 is 10.6 Å². The molecule has 0 saturated carbocycles. The fourth-order valence-electron chi connectivity index (χ4n) is 2.77. The normalized spacial score (nSPS) is 11.7. The summed E-state index contributed by atoms with van der Waals surface area (Å²) in [7, 11) is 1.37. The molecule has 30 heavy (non-hydrogen) atoms. The smallest absolute Gasteiger partial charge is 0.246 e. The Morgan fingerprint density at radius 1 is 1.20 bits per heavy atom.